The number of nitro groups is 1. The van der Waals surface area contributed by atoms with Crippen LogP contribution in [0.4, 0.5) is 10.8 Å². The Morgan fingerprint density at radius 2 is 2.06 bits per heavy atom. The lowest BCUT2D eigenvalue weighted by Crippen LogP contribution is -2.43. The number of hydrogen-bond donors (Lipinski definition) is 2. The zero-order valence-corrected chi connectivity index (χ0v) is 18.8. The van der Waals surface area contributed by atoms with Gasteiger partial charge in [-0.3, -0.25) is 24.6 Å². The predicted octanol–water partition coefficient (Wildman–Crippen LogP) is 4.26. The Kier molecular flexibility index (Phi) is 7.70. The van der Waals surface area contributed by atoms with E-state index in [1.165, 1.54) is 30.4 Å². The monoisotopic (exact) mass is 458 g/mol. The lowest BCUT2D eigenvalue weighted by Gasteiger charge is -2.37. The second-order valence-electron chi connectivity index (χ2n) is 7.78. The lowest BCUT2D eigenvalue weighted by atomic mass is 9.89. The standard InChI is InChI=1S/C22H26N4O5S/c1-3-17-12-16(21(28)29)10-11-25(17)13-20-19(24-22(32-20)23-14(2)27)9-6-15-4-7-18(8-5-15)26(30)31/h4-9,16-17H,3,10-13H2,1-2H3,(H,28,29)(H,23,24,27). The normalized spacial score (nSPS) is 19.2. The third kappa shape index (κ3) is 5.98. The number of piperidine rings is 1. The number of carboxylic acid groups (broad SMARTS) is 1. The number of non-ortho nitro benzene ring substituents is 1. The molecule has 2 N–H and O–H groups in total. The number of aliphatic carboxylic acids is 1. The molecule has 0 radical (unpaired) electrons. The van der Waals surface area contributed by atoms with Gasteiger partial charge in [-0.15, -0.1) is 0 Å². The van der Waals surface area contributed by atoms with E-state index in [0.717, 1.165) is 16.9 Å². The molecule has 10 heteroatoms. The maximum atomic E-state index is 11.5. The lowest BCUT2D eigenvalue weighted by molar-refractivity contribution is -0.384. The molecule has 0 spiro atoms. The molecule has 0 aliphatic carbocycles. The Bertz CT molecular complexity index is 1020. The third-order valence-electron chi connectivity index (χ3n) is 5.55. The first-order valence-corrected chi connectivity index (χ1v) is 11.2. The Labute approximate surface area is 189 Å². The Balaban J connectivity index is 1.81. The maximum absolute atomic E-state index is 11.5. The number of carbonyl (C=O) groups excluding carboxylic acids is 1. The van der Waals surface area contributed by atoms with Gasteiger partial charge in [0.15, 0.2) is 5.13 Å². The van der Waals surface area contributed by atoms with Crippen LogP contribution in [0.5, 0.6) is 0 Å². The van der Waals surface area contributed by atoms with Crippen molar-refractivity contribution in [3.05, 3.63) is 50.5 Å². The number of nitrogens with zero attached hydrogens (tertiary/aromatic N) is 3. The first-order chi connectivity index (χ1) is 15.3. The minimum absolute atomic E-state index is 0.0276. The van der Waals surface area contributed by atoms with Crippen molar-refractivity contribution in [3.63, 3.8) is 0 Å². The molecule has 9 nitrogen and oxygen atoms in total. The molecule has 1 aromatic carbocycles. The fourth-order valence-corrected chi connectivity index (χ4v) is 4.86. The molecule has 32 heavy (non-hydrogen) atoms. The number of thiazole rings is 1. The van der Waals surface area contributed by atoms with E-state index in [-0.39, 0.29) is 23.6 Å². The Hall–Kier alpha value is -3.11. The minimum atomic E-state index is -0.736. The number of carboxylic acids is 1. The maximum Gasteiger partial charge on any atom is 0.306 e. The van der Waals surface area contributed by atoms with Crippen LogP contribution in [-0.4, -0.2) is 44.4 Å². The largest absolute Gasteiger partial charge is 0.481 e. The van der Waals surface area contributed by atoms with Crippen LogP contribution >= 0.6 is 11.3 Å². The summed E-state index contributed by atoms with van der Waals surface area (Å²) < 4.78 is 0. The van der Waals surface area contributed by atoms with Crippen molar-refractivity contribution in [1.29, 1.82) is 0 Å². The summed E-state index contributed by atoms with van der Waals surface area (Å²) in [5.41, 5.74) is 1.54. The van der Waals surface area contributed by atoms with E-state index in [4.69, 9.17) is 0 Å². The summed E-state index contributed by atoms with van der Waals surface area (Å²) in [5, 5.41) is 23.4. The van der Waals surface area contributed by atoms with Gasteiger partial charge in [-0.25, -0.2) is 4.98 Å². The van der Waals surface area contributed by atoms with Crippen LogP contribution in [-0.2, 0) is 16.1 Å². The van der Waals surface area contributed by atoms with Crippen molar-refractivity contribution < 1.29 is 19.6 Å². The number of benzene rings is 1. The Morgan fingerprint density at radius 3 is 2.66 bits per heavy atom. The molecule has 2 aromatic rings. The first kappa shape index (κ1) is 23.6. The fourth-order valence-electron chi connectivity index (χ4n) is 3.83. The van der Waals surface area contributed by atoms with Gasteiger partial charge in [-0.1, -0.05) is 24.3 Å². The van der Waals surface area contributed by atoms with Gasteiger partial charge in [0, 0.05) is 36.5 Å². The summed E-state index contributed by atoms with van der Waals surface area (Å²) >= 11 is 1.40. The summed E-state index contributed by atoms with van der Waals surface area (Å²) in [6.45, 7) is 4.79. The average Bonchev–Trinajstić information content (AvgIpc) is 3.12. The highest BCUT2D eigenvalue weighted by Crippen LogP contribution is 2.31. The van der Waals surface area contributed by atoms with E-state index in [9.17, 15) is 24.8 Å². The second kappa shape index (κ2) is 10.5. The summed E-state index contributed by atoms with van der Waals surface area (Å²) in [6.07, 6.45) is 5.75. The second-order valence-corrected chi connectivity index (χ2v) is 8.87. The third-order valence-corrected chi connectivity index (χ3v) is 6.52. The van der Waals surface area contributed by atoms with Gasteiger partial charge in [-0.2, -0.15) is 0 Å². The van der Waals surface area contributed by atoms with Crippen LogP contribution in [0, 0.1) is 16.0 Å². The van der Waals surface area contributed by atoms with Gasteiger partial charge in [0.05, 0.1) is 16.5 Å². The summed E-state index contributed by atoms with van der Waals surface area (Å²) in [6, 6.07) is 6.40. The van der Waals surface area contributed by atoms with Crippen molar-refractivity contribution in [2.45, 2.75) is 45.7 Å². The van der Waals surface area contributed by atoms with Gasteiger partial charge in [-0.05, 0) is 49.6 Å². The highest BCUT2D eigenvalue weighted by molar-refractivity contribution is 7.16. The van der Waals surface area contributed by atoms with Gasteiger partial charge in [0.25, 0.3) is 5.69 Å². The zero-order valence-electron chi connectivity index (χ0n) is 18.0. The zero-order chi connectivity index (χ0) is 23.3. The van der Waals surface area contributed by atoms with E-state index >= 15 is 0 Å². The Morgan fingerprint density at radius 1 is 1.34 bits per heavy atom. The van der Waals surface area contributed by atoms with Crippen molar-refractivity contribution in [2.24, 2.45) is 5.92 Å². The predicted molar refractivity (Wildman–Crippen MR) is 123 cm³/mol. The van der Waals surface area contributed by atoms with Crippen molar-refractivity contribution in [1.82, 2.24) is 9.88 Å². The number of carbonyl (C=O) groups is 2. The number of nitrogens with one attached hydrogen (secondary N) is 1. The molecule has 2 heterocycles. The quantitative estimate of drug-likeness (QED) is 0.447. The first-order valence-electron chi connectivity index (χ1n) is 10.4. The van der Waals surface area contributed by atoms with Crippen LogP contribution in [0.2, 0.25) is 0 Å². The molecule has 3 rings (SSSR count). The molecule has 1 amide bonds. The average molecular weight is 459 g/mol. The summed E-state index contributed by atoms with van der Waals surface area (Å²) in [5.74, 6) is -1.25. The number of anilines is 1. The molecular formula is C22H26N4O5S. The van der Waals surface area contributed by atoms with Crippen LogP contribution < -0.4 is 5.32 Å². The van der Waals surface area contributed by atoms with E-state index in [0.29, 0.717) is 36.8 Å². The number of amides is 1. The van der Waals surface area contributed by atoms with E-state index in [1.54, 1.807) is 12.1 Å². The molecule has 1 saturated heterocycles. The van der Waals surface area contributed by atoms with Gasteiger partial charge < -0.3 is 10.4 Å². The van der Waals surface area contributed by atoms with Gasteiger partial charge in [0.1, 0.15) is 0 Å². The van der Waals surface area contributed by atoms with Gasteiger partial charge >= 0.3 is 5.97 Å². The summed E-state index contributed by atoms with van der Waals surface area (Å²) in [4.78, 5) is 41.1. The highest BCUT2D eigenvalue weighted by atomic mass is 32.1. The van der Waals surface area contributed by atoms with E-state index in [1.807, 2.05) is 12.2 Å². The number of likely N-dealkylation sites (tertiary alicyclic amines) is 1. The number of hydrogen-bond acceptors (Lipinski definition) is 7. The molecule has 0 bridgehead atoms. The molecule has 1 aliphatic heterocycles. The number of nitro benzene ring substituents is 1. The summed E-state index contributed by atoms with van der Waals surface area (Å²) in [7, 11) is 0. The topological polar surface area (TPSA) is 126 Å². The van der Waals surface area contributed by atoms with Crippen LogP contribution in [0.15, 0.2) is 24.3 Å². The molecule has 170 valence electrons. The smallest absolute Gasteiger partial charge is 0.306 e. The molecule has 1 fully saturated rings. The van der Waals surface area contributed by atoms with Crippen molar-refractivity contribution in [3.8, 4) is 0 Å². The van der Waals surface area contributed by atoms with Crippen molar-refractivity contribution >= 4 is 46.2 Å². The van der Waals surface area contributed by atoms with E-state index < -0.39 is 10.9 Å². The van der Waals surface area contributed by atoms with Gasteiger partial charge in [0.2, 0.25) is 5.91 Å². The van der Waals surface area contributed by atoms with Crippen LogP contribution in [0.25, 0.3) is 12.2 Å². The highest BCUT2D eigenvalue weighted by Gasteiger charge is 2.31. The van der Waals surface area contributed by atoms with Crippen molar-refractivity contribution in [2.75, 3.05) is 11.9 Å². The minimum Gasteiger partial charge on any atom is -0.481 e. The molecule has 2 unspecified atom stereocenters. The van der Waals surface area contributed by atoms with Crippen LogP contribution in [0.1, 0.15) is 49.2 Å². The van der Waals surface area contributed by atoms with E-state index in [2.05, 4.69) is 22.1 Å². The molecule has 1 aromatic heterocycles. The molecular weight excluding hydrogens is 432 g/mol. The number of rotatable bonds is 8. The fraction of sp³-hybridized carbons (Fsp3) is 0.409. The molecule has 2 atom stereocenters. The number of aromatic nitrogens is 1. The SMILES string of the molecule is CCC1CC(C(=O)O)CCN1Cc1sc(NC(C)=O)nc1C=Cc1ccc([N+](=O)[O-])cc1. The molecule has 1 aliphatic rings. The molecule has 0 saturated carbocycles. The van der Waals surface area contributed by atoms with Crippen LogP contribution in [0.3, 0.4) is 0 Å².